The normalized spacial score (nSPS) is 12.5. The van der Waals surface area contributed by atoms with Crippen molar-refractivity contribution in [3.8, 4) is 17.2 Å². The molecule has 0 saturated heterocycles. The standard InChI is InChI=1S/C15H16N2O3/c1-10-3-2-4-17-12(10)8-18-13-6-15-14(19-9-20-15)5-11(13)7-16/h2-6H,7-9,16H2,1H3. The molecule has 0 bridgehead atoms. The highest BCUT2D eigenvalue weighted by Crippen LogP contribution is 2.38. The van der Waals surface area contributed by atoms with E-state index in [1.165, 1.54) is 0 Å². The minimum absolute atomic E-state index is 0.238. The molecular weight excluding hydrogens is 256 g/mol. The number of rotatable bonds is 4. The second-order valence-corrected chi connectivity index (χ2v) is 4.57. The number of nitrogens with two attached hydrogens (primary N) is 1. The molecule has 20 heavy (non-hydrogen) atoms. The van der Waals surface area contributed by atoms with Crippen LogP contribution in [0.1, 0.15) is 16.8 Å². The van der Waals surface area contributed by atoms with Gasteiger partial charge >= 0.3 is 0 Å². The fourth-order valence-electron chi connectivity index (χ4n) is 2.07. The molecule has 1 aromatic heterocycles. The zero-order chi connectivity index (χ0) is 13.9. The number of aryl methyl sites for hydroxylation is 1. The van der Waals surface area contributed by atoms with E-state index in [1.807, 2.05) is 31.2 Å². The number of hydrogen-bond acceptors (Lipinski definition) is 5. The summed E-state index contributed by atoms with van der Waals surface area (Å²) in [5.74, 6) is 2.11. The molecule has 2 aromatic rings. The Morgan fingerprint density at radius 2 is 2.10 bits per heavy atom. The first-order chi connectivity index (χ1) is 9.78. The van der Waals surface area contributed by atoms with Crippen LogP contribution in [0, 0.1) is 6.92 Å². The van der Waals surface area contributed by atoms with Crippen molar-refractivity contribution in [3.05, 3.63) is 47.3 Å². The molecule has 104 valence electrons. The first kappa shape index (κ1) is 12.7. The maximum atomic E-state index is 5.84. The van der Waals surface area contributed by atoms with Crippen LogP contribution < -0.4 is 19.9 Å². The maximum absolute atomic E-state index is 5.84. The SMILES string of the molecule is Cc1cccnc1COc1cc2c(cc1CN)OCO2. The second-order valence-electron chi connectivity index (χ2n) is 4.57. The summed E-state index contributed by atoms with van der Waals surface area (Å²) < 4.78 is 16.5. The first-order valence-electron chi connectivity index (χ1n) is 6.44. The van der Waals surface area contributed by atoms with E-state index in [0.29, 0.717) is 30.4 Å². The van der Waals surface area contributed by atoms with Crippen LogP contribution in [0.2, 0.25) is 0 Å². The predicted molar refractivity (Wildman–Crippen MR) is 73.8 cm³/mol. The predicted octanol–water partition coefficient (Wildman–Crippen LogP) is 2.16. The zero-order valence-electron chi connectivity index (χ0n) is 11.3. The van der Waals surface area contributed by atoms with Gasteiger partial charge in [-0.1, -0.05) is 6.07 Å². The summed E-state index contributed by atoms with van der Waals surface area (Å²) in [6.45, 7) is 3.03. The highest BCUT2D eigenvalue weighted by Gasteiger charge is 2.17. The average molecular weight is 272 g/mol. The molecule has 1 aliphatic heterocycles. The van der Waals surface area contributed by atoms with E-state index in [-0.39, 0.29) is 6.79 Å². The molecule has 3 rings (SSSR count). The number of benzene rings is 1. The van der Waals surface area contributed by atoms with Gasteiger partial charge in [0.1, 0.15) is 12.4 Å². The summed E-state index contributed by atoms with van der Waals surface area (Å²) >= 11 is 0. The van der Waals surface area contributed by atoms with Crippen LogP contribution in [0.15, 0.2) is 30.5 Å². The molecule has 0 saturated carbocycles. The Labute approximate surface area is 117 Å². The van der Waals surface area contributed by atoms with E-state index in [4.69, 9.17) is 19.9 Å². The third-order valence-electron chi connectivity index (χ3n) is 3.26. The van der Waals surface area contributed by atoms with Gasteiger partial charge < -0.3 is 19.9 Å². The number of ether oxygens (including phenoxy) is 3. The number of hydrogen-bond donors (Lipinski definition) is 1. The molecule has 2 N–H and O–H groups in total. The molecule has 0 amide bonds. The molecule has 0 atom stereocenters. The second kappa shape index (κ2) is 5.38. The molecule has 0 radical (unpaired) electrons. The molecule has 2 heterocycles. The molecule has 0 fully saturated rings. The molecule has 0 unspecified atom stereocenters. The van der Waals surface area contributed by atoms with Crippen molar-refractivity contribution >= 4 is 0 Å². The quantitative estimate of drug-likeness (QED) is 0.923. The molecule has 1 aliphatic rings. The first-order valence-corrected chi connectivity index (χ1v) is 6.44. The Hall–Kier alpha value is -2.27. The van der Waals surface area contributed by atoms with Gasteiger partial charge in [0.25, 0.3) is 0 Å². The molecule has 5 heteroatoms. The summed E-state index contributed by atoms with van der Waals surface area (Å²) in [6, 6.07) is 7.60. The van der Waals surface area contributed by atoms with Crippen LogP contribution in [-0.2, 0) is 13.2 Å². The van der Waals surface area contributed by atoms with Crippen molar-refractivity contribution in [3.63, 3.8) is 0 Å². The highest BCUT2D eigenvalue weighted by molar-refractivity contribution is 5.51. The van der Waals surface area contributed by atoms with Crippen molar-refractivity contribution in [2.24, 2.45) is 5.73 Å². The van der Waals surface area contributed by atoms with Crippen LogP contribution in [0.5, 0.6) is 17.2 Å². The Kier molecular flexibility index (Phi) is 3.43. The zero-order valence-corrected chi connectivity index (χ0v) is 11.3. The Bertz CT molecular complexity index is 629. The third-order valence-corrected chi connectivity index (χ3v) is 3.26. The lowest BCUT2D eigenvalue weighted by Gasteiger charge is -2.12. The number of aromatic nitrogens is 1. The smallest absolute Gasteiger partial charge is 0.231 e. The van der Waals surface area contributed by atoms with Gasteiger partial charge in [0.2, 0.25) is 6.79 Å². The largest absolute Gasteiger partial charge is 0.487 e. The number of fused-ring (bicyclic) bond motifs is 1. The van der Waals surface area contributed by atoms with Crippen LogP contribution in [0.25, 0.3) is 0 Å². The van der Waals surface area contributed by atoms with Crippen molar-refractivity contribution in [1.29, 1.82) is 0 Å². The minimum Gasteiger partial charge on any atom is -0.487 e. The van der Waals surface area contributed by atoms with E-state index in [9.17, 15) is 0 Å². The summed E-state index contributed by atoms with van der Waals surface area (Å²) in [5.41, 5.74) is 8.65. The van der Waals surface area contributed by atoms with E-state index in [1.54, 1.807) is 6.20 Å². The van der Waals surface area contributed by atoms with E-state index in [0.717, 1.165) is 16.8 Å². The van der Waals surface area contributed by atoms with Gasteiger partial charge in [0.05, 0.1) is 5.69 Å². The Morgan fingerprint density at radius 1 is 1.30 bits per heavy atom. The topological polar surface area (TPSA) is 66.6 Å². The van der Waals surface area contributed by atoms with E-state index >= 15 is 0 Å². The van der Waals surface area contributed by atoms with Gasteiger partial charge in [-0.3, -0.25) is 4.98 Å². The summed E-state index contributed by atoms with van der Waals surface area (Å²) in [6.07, 6.45) is 1.76. The lowest BCUT2D eigenvalue weighted by atomic mass is 10.1. The number of pyridine rings is 1. The van der Waals surface area contributed by atoms with Gasteiger partial charge in [-0.05, 0) is 24.6 Å². The van der Waals surface area contributed by atoms with Crippen LogP contribution in [0.4, 0.5) is 0 Å². The third kappa shape index (κ3) is 2.40. The molecule has 5 nitrogen and oxygen atoms in total. The monoisotopic (exact) mass is 272 g/mol. The molecular formula is C15H16N2O3. The van der Waals surface area contributed by atoms with Gasteiger partial charge in [0, 0.05) is 24.4 Å². The van der Waals surface area contributed by atoms with Gasteiger partial charge in [-0.15, -0.1) is 0 Å². The van der Waals surface area contributed by atoms with Crippen molar-refractivity contribution in [2.75, 3.05) is 6.79 Å². The summed E-state index contributed by atoms with van der Waals surface area (Å²) in [5, 5.41) is 0. The molecule has 1 aromatic carbocycles. The van der Waals surface area contributed by atoms with Gasteiger partial charge in [-0.2, -0.15) is 0 Å². The highest BCUT2D eigenvalue weighted by atomic mass is 16.7. The molecule has 0 spiro atoms. The Balaban J connectivity index is 1.82. The summed E-state index contributed by atoms with van der Waals surface area (Å²) in [7, 11) is 0. The van der Waals surface area contributed by atoms with Gasteiger partial charge in [0.15, 0.2) is 11.5 Å². The van der Waals surface area contributed by atoms with Crippen molar-refractivity contribution in [2.45, 2.75) is 20.1 Å². The van der Waals surface area contributed by atoms with Crippen molar-refractivity contribution in [1.82, 2.24) is 4.98 Å². The van der Waals surface area contributed by atoms with Crippen LogP contribution in [-0.4, -0.2) is 11.8 Å². The van der Waals surface area contributed by atoms with Crippen LogP contribution in [0.3, 0.4) is 0 Å². The van der Waals surface area contributed by atoms with Gasteiger partial charge in [-0.25, -0.2) is 0 Å². The number of nitrogens with zero attached hydrogens (tertiary/aromatic N) is 1. The minimum atomic E-state index is 0.238. The average Bonchev–Trinajstić information content (AvgIpc) is 2.92. The Morgan fingerprint density at radius 3 is 2.85 bits per heavy atom. The lowest BCUT2D eigenvalue weighted by Crippen LogP contribution is -2.05. The maximum Gasteiger partial charge on any atom is 0.231 e. The van der Waals surface area contributed by atoms with Crippen molar-refractivity contribution < 1.29 is 14.2 Å². The van der Waals surface area contributed by atoms with E-state index < -0.39 is 0 Å². The van der Waals surface area contributed by atoms with E-state index in [2.05, 4.69) is 4.98 Å². The van der Waals surface area contributed by atoms with Crippen LogP contribution >= 0.6 is 0 Å². The fourth-order valence-corrected chi connectivity index (χ4v) is 2.07. The molecule has 0 aliphatic carbocycles. The lowest BCUT2D eigenvalue weighted by molar-refractivity contribution is 0.173. The summed E-state index contributed by atoms with van der Waals surface area (Å²) in [4.78, 5) is 4.31. The fraction of sp³-hybridized carbons (Fsp3) is 0.267.